The van der Waals surface area contributed by atoms with E-state index in [-0.39, 0.29) is 6.61 Å². The molecule has 0 amide bonds. The Balaban J connectivity index is 2.54. The van der Waals surface area contributed by atoms with Crippen molar-refractivity contribution in [1.29, 1.82) is 0 Å². The molecular formula is C11H22O6. The van der Waals surface area contributed by atoms with Crippen molar-refractivity contribution in [1.82, 2.24) is 0 Å². The van der Waals surface area contributed by atoms with Crippen LogP contribution in [0.2, 0.25) is 0 Å². The molecule has 1 saturated heterocycles. The Morgan fingerprint density at radius 3 is 2.59 bits per heavy atom. The van der Waals surface area contributed by atoms with Gasteiger partial charge >= 0.3 is 0 Å². The van der Waals surface area contributed by atoms with Gasteiger partial charge in [0.05, 0.1) is 13.2 Å². The third-order valence-corrected chi connectivity index (χ3v) is 2.98. The molecule has 1 heterocycles. The first-order valence-corrected chi connectivity index (χ1v) is 6.00. The van der Waals surface area contributed by atoms with Crippen molar-refractivity contribution in [2.45, 2.75) is 50.3 Å². The first-order chi connectivity index (χ1) is 8.07. The molecule has 0 aromatic heterocycles. The lowest BCUT2D eigenvalue weighted by Gasteiger charge is -2.43. The van der Waals surface area contributed by atoms with Crippen LogP contribution in [0.15, 0.2) is 0 Å². The van der Waals surface area contributed by atoms with Crippen LogP contribution in [0.5, 0.6) is 0 Å². The number of rotatable bonds is 6. The Kier molecular flexibility index (Phi) is 5.78. The highest BCUT2D eigenvalue weighted by Gasteiger charge is 2.50. The maximum atomic E-state index is 9.79. The fourth-order valence-electron chi connectivity index (χ4n) is 1.79. The fourth-order valence-corrected chi connectivity index (χ4v) is 1.79. The van der Waals surface area contributed by atoms with Gasteiger partial charge in [-0.3, -0.25) is 0 Å². The number of hydrogen-bond donors (Lipinski definition) is 4. The van der Waals surface area contributed by atoms with Gasteiger partial charge in [0, 0.05) is 0 Å². The molecule has 1 fully saturated rings. The normalized spacial score (nSPS) is 38.3. The first-order valence-electron chi connectivity index (χ1n) is 6.00. The Morgan fingerprint density at radius 2 is 2.00 bits per heavy atom. The SMILES string of the molecule is CCCCCO[C@@]1(CO)OC[C@H](O)[C@@H](O)[C@@H]1O. The van der Waals surface area contributed by atoms with Crippen molar-refractivity contribution < 1.29 is 29.9 Å². The van der Waals surface area contributed by atoms with E-state index in [1.54, 1.807) is 0 Å². The van der Waals surface area contributed by atoms with Crippen LogP contribution < -0.4 is 0 Å². The second-order valence-corrected chi connectivity index (χ2v) is 4.34. The van der Waals surface area contributed by atoms with Crippen LogP contribution in [-0.4, -0.2) is 64.3 Å². The second kappa shape index (κ2) is 6.63. The average molecular weight is 250 g/mol. The number of aliphatic hydroxyl groups excluding tert-OH is 4. The maximum Gasteiger partial charge on any atom is 0.221 e. The average Bonchev–Trinajstić information content (AvgIpc) is 2.35. The molecule has 0 saturated carbocycles. The summed E-state index contributed by atoms with van der Waals surface area (Å²) >= 11 is 0. The van der Waals surface area contributed by atoms with Gasteiger partial charge in [-0.05, 0) is 6.42 Å². The van der Waals surface area contributed by atoms with Gasteiger partial charge in [0.25, 0.3) is 0 Å². The molecule has 0 aromatic rings. The molecule has 4 N–H and O–H groups in total. The van der Waals surface area contributed by atoms with Gasteiger partial charge in [-0.25, -0.2) is 0 Å². The minimum Gasteiger partial charge on any atom is -0.391 e. The quantitative estimate of drug-likeness (QED) is 0.451. The van der Waals surface area contributed by atoms with E-state index in [1.807, 2.05) is 6.92 Å². The zero-order valence-corrected chi connectivity index (χ0v) is 10.1. The smallest absolute Gasteiger partial charge is 0.221 e. The monoisotopic (exact) mass is 250 g/mol. The highest BCUT2D eigenvalue weighted by Crippen LogP contribution is 2.27. The summed E-state index contributed by atoms with van der Waals surface area (Å²) in [5.74, 6) is -1.62. The third kappa shape index (κ3) is 3.37. The van der Waals surface area contributed by atoms with E-state index in [4.69, 9.17) is 9.47 Å². The first kappa shape index (κ1) is 14.8. The summed E-state index contributed by atoms with van der Waals surface area (Å²) in [5, 5.41) is 37.9. The van der Waals surface area contributed by atoms with Crippen LogP contribution in [0.3, 0.4) is 0 Å². The van der Waals surface area contributed by atoms with E-state index in [0.717, 1.165) is 19.3 Å². The molecule has 102 valence electrons. The molecule has 6 heteroatoms. The van der Waals surface area contributed by atoms with E-state index in [1.165, 1.54) is 0 Å². The predicted molar refractivity (Wildman–Crippen MR) is 59.3 cm³/mol. The molecule has 1 aliphatic rings. The molecule has 0 unspecified atom stereocenters. The van der Waals surface area contributed by atoms with Crippen LogP contribution in [0.4, 0.5) is 0 Å². The van der Waals surface area contributed by atoms with E-state index >= 15 is 0 Å². The lowest BCUT2D eigenvalue weighted by molar-refractivity contribution is -0.348. The highest BCUT2D eigenvalue weighted by molar-refractivity contribution is 4.92. The predicted octanol–water partition coefficient (Wildman–Crippen LogP) is -1.01. The molecule has 0 aliphatic carbocycles. The van der Waals surface area contributed by atoms with Crippen molar-refractivity contribution in [3.05, 3.63) is 0 Å². The van der Waals surface area contributed by atoms with Crippen LogP contribution in [0.25, 0.3) is 0 Å². The zero-order chi connectivity index (χ0) is 12.9. The van der Waals surface area contributed by atoms with E-state index < -0.39 is 30.7 Å². The molecule has 1 rings (SSSR count). The van der Waals surface area contributed by atoms with E-state index in [9.17, 15) is 20.4 Å². The Hall–Kier alpha value is -0.240. The van der Waals surface area contributed by atoms with Gasteiger partial charge in [0.15, 0.2) is 0 Å². The molecule has 6 nitrogen and oxygen atoms in total. The lowest BCUT2D eigenvalue weighted by Crippen LogP contribution is -2.63. The van der Waals surface area contributed by atoms with Gasteiger partial charge in [-0.15, -0.1) is 0 Å². The summed E-state index contributed by atoms with van der Waals surface area (Å²) < 4.78 is 10.5. The molecule has 0 bridgehead atoms. The summed E-state index contributed by atoms with van der Waals surface area (Å²) in [5.41, 5.74) is 0. The Morgan fingerprint density at radius 1 is 1.29 bits per heavy atom. The minimum absolute atomic E-state index is 0.174. The Bertz CT molecular complexity index is 224. The highest BCUT2D eigenvalue weighted by atomic mass is 16.7. The van der Waals surface area contributed by atoms with Gasteiger partial charge in [-0.1, -0.05) is 19.8 Å². The molecule has 0 aromatic carbocycles. The molecule has 17 heavy (non-hydrogen) atoms. The molecule has 1 aliphatic heterocycles. The second-order valence-electron chi connectivity index (χ2n) is 4.34. The summed E-state index contributed by atoms with van der Waals surface area (Å²) in [6, 6.07) is 0. The number of aliphatic hydroxyl groups is 4. The van der Waals surface area contributed by atoms with Crippen LogP contribution in [-0.2, 0) is 9.47 Å². The molecule has 0 spiro atoms. The summed E-state index contributed by atoms with van der Waals surface area (Å²) in [4.78, 5) is 0. The number of unbranched alkanes of at least 4 members (excludes halogenated alkanes) is 2. The van der Waals surface area contributed by atoms with Crippen molar-refractivity contribution in [2.24, 2.45) is 0 Å². The largest absolute Gasteiger partial charge is 0.391 e. The van der Waals surface area contributed by atoms with Crippen molar-refractivity contribution in [2.75, 3.05) is 19.8 Å². The number of ether oxygens (including phenoxy) is 2. The lowest BCUT2D eigenvalue weighted by atomic mass is 9.97. The Labute approximate surface area is 101 Å². The zero-order valence-electron chi connectivity index (χ0n) is 10.1. The maximum absolute atomic E-state index is 9.79. The van der Waals surface area contributed by atoms with Crippen LogP contribution in [0.1, 0.15) is 26.2 Å². The van der Waals surface area contributed by atoms with E-state index in [0.29, 0.717) is 6.61 Å². The van der Waals surface area contributed by atoms with Crippen molar-refractivity contribution >= 4 is 0 Å². The molecular weight excluding hydrogens is 228 g/mol. The molecule has 0 radical (unpaired) electrons. The summed E-state index contributed by atoms with van der Waals surface area (Å²) in [6.45, 7) is 1.64. The van der Waals surface area contributed by atoms with Crippen LogP contribution >= 0.6 is 0 Å². The minimum atomic E-state index is -1.62. The van der Waals surface area contributed by atoms with Gasteiger partial charge in [-0.2, -0.15) is 0 Å². The summed E-state index contributed by atoms with van der Waals surface area (Å²) in [6.07, 6.45) is -1.21. The molecule has 4 atom stereocenters. The van der Waals surface area contributed by atoms with Gasteiger partial charge in [0.2, 0.25) is 5.79 Å². The topological polar surface area (TPSA) is 99.4 Å². The van der Waals surface area contributed by atoms with Gasteiger partial charge < -0.3 is 29.9 Å². The van der Waals surface area contributed by atoms with Crippen molar-refractivity contribution in [3.63, 3.8) is 0 Å². The van der Waals surface area contributed by atoms with E-state index in [2.05, 4.69) is 0 Å². The van der Waals surface area contributed by atoms with Crippen LogP contribution in [0, 0.1) is 0 Å². The van der Waals surface area contributed by atoms with Gasteiger partial charge in [0.1, 0.15) is 24.9 Å². The van der Waals surface area contributed by atoms with Crippen molar-refractivity contribution in [3.8, 4) is 0 Å². The number of hydrogen-bond acceptors (Lipinski definition) is 6. The summed E-state index contributed by atoms with van der Waals surface area (Å²) in [7, 11) is 0. The fraction of sp³-hybridized carbons (Fsp3) is 1.00. The third-order valence-electron chi connectivity index (χ3n) is 2.98. The standard InChI is InChI=1S/C11H22O6/c1-2-3-4-5-16-11(7-12)10(15)9(14)8(13)6-17-11/h8-10,12-15H,2-7H2,1H3/t8-,9+,10-,11-/m0/s1.